The molecule has 15 heavy (non-hydrogen) atoms. The standard InChI is InChI=1S/C9H8N4OS/c14-9(13-15)12-8-6-3-1-2-4-7(6)10-5-11-8/h1-5,15H,(H2,10,11,12,13,14). The van der Waals surface area contributed by atoms with Crippen molar-refractivity contribution in [3.63, 3.8) is 0 Å². The van der Waals surface area contributed by atoms with E-state index in [1.807, 2.05) is 24.3 Å². The predicted octanol–water partition coefficient (Wildman–Crippen LogP) is 1.60. The third-order valence-corrected chi connectivity index (χ3v) is 2.08. The van der Waals surface area contributed by atoms with Crippen molar-refractivity contribution in [2.75, 3.05) is 5.32 Å². The second kappa shape index (κ2) is 4.14. The van der Waals surface area contributed by atoms with E-state index in [9.17, 15) is 4.79 Å². The Labute approximate surface area is 91.5 Å². The molecule has 0 spiro atoms. The van der Waals surface area contributed by atoms with Gasteiger partial charge in [0, 0.05) is 5.39 Å². The Hall–Kier alpha value is -1.82. The molecule has 0 unspecified atom stereocenters. The molecule has 0 saturated heterocycles. The zero-order valence-corrected chi connectivity index (χ0v) is 8.53. The number of hydrogen-bond acceptors (Lipinski definition) is 4. The number of para-hydroxylation sites is 1. The number of carbonyl (C=O) groups is 1. The quantitative estimate of drug-likeness (QED) is 0.639. The molecule has 0 fully saturated rings. The van der Waals surface area contributed by atoms with Crippen molar-refractivity contribution in [3.05, 3.63) is 30.6 Å². The summed E-state index contributed by atoms with van der Waals surface area (Å²) in [5.74, 6) is 0.465. The van der Waals surface area contributed by atoms with Crippen LogP contribution in [0.2, 0.25) is 0 Å². The highest BCUT2D eigenvalue weighted by atomic mass is 32.1. The van der Waals surface area contributed by atoms with E-state index in [4.69, 9.17) is 0 Å². The SMILES string of the molecule is O=C(NS)Nc1ncnc2ccccc12. The average Bonchev–Trinajstić information content (AvgIpc) is 2.29. The minimum Gasteiger partial charge on any atom is -0.291 e. The minimum absolute atomic E-state index is 0.429. The number of rotatable bonds is 1. The molecule has 0 bridgehead atoms. The first-order chi connectivity index (χ1) is 7.31. The van der Waals surface area contributed by atoms with Crippen LogP contribution in [0, 0.1) is 0 Å². The Morgan fingerprint density at radius 3 is 2.87 bits per heavy atom. The van der Waals surface area contributed by atoms with Gasteiger partial charge < -0.3 is 0 Å². The third kappa shape index (κ3) is 1.99. The molecule has 5 nitrogen and oxygen atoms in total. The Morgan fingerprint density at radius 1 is 1.27 bits per heavy atom. The number of aromatic nitrogens is 2. The number of hydrogen-bond donors (Lipinski definition) is 3. The number of carbonyl (C=O) groups excluding carboxylic acids is 1. The van der Waals surface area contributed by atoms with Crippen LogP contribution < -0.4 is 10.0 Å². The van der Waals surface area contributed by atoms with Gasteiger partial charge in [0.2, 0.25) is 0 Å². The van der Waals surface area contributed by atoms with Crippen LogP contribution in [-0.4, -0.2) is 16.0 Å². The van der Waals surface area contributed by atoms with Gasteiger partial charge in [-0.3, -0.25) is 10.0 Å². The van der Waals surface area contributed by atoms with Crippen LogP contribution in [0.4, 0.5) is 10.6 Å². The van der Waals surface area contributed by atoms with E-state index in [1.165, 1.54) is 6.33 Å². The summed E-state index contributed by atoms with van der Waals surface area (Å²) in [5, 5.41) is 3.35. The second-order valence-corrected chi connectivity index (χ2v) is 3.03. The summed E-state index contributed by atoms with van der Waals surface area (Å²) < 4.78 is 2.16. The Kier molecular flexibility index (Phi) is 2.68. The molecule has 2 aromatic rings. The Morgan fingerprint density at radius 2 is 2.07 bits per heavy atom. The number of nitrogens with zero attached hydrogens (tertiary/aromatic N) is 2. The molecule has 0 radical (unpaired) electrons. The summed E-state index contributed by atoms with van der Waals surface area (Å²) >= 11 is 3.63. The van der Waals surface area contributed by atoms with Gasteiger partial charge in [0.25, 0.3) is 0 Å². The number of anilines is 1. The fourth-order valence-electron chi connectivity index (χ4n) is 1.24. The number of fused-ring (bicyclic) bond motifs is 1. The van der Waals surface area contributed by atoms with Crippen LogP contribution in [-0.2, 0) is 0 Å². The van der Waals surface area contributed by atoms with Crippen LogP contribution >= 0.6 is 12.8 Å². The van der Waals surface area contributed by atoms with E-state index in [0.29, 0.717) is 5.82 Å². The first-order valence-corrected chi connectivity index (χ1v) is 4.67. The summed E-state index contributed by atoms with van der Waals surface area (Å²) in [6, 6.07) is 6.99. The Bertz CT molecular complexity index is 497. The molecular weight excluding hydrogens is 212 g/mol. The van der Waals surface area contributed by atoms with Crippen LogP contribution in [0.15, 0.2) is 30.6 Å². The van der Waals surface area contributed by atoms with E-state index in [2.05, 4.69) is 32.8 Å². The van der Waals surface area contributed by atoms with Crippen molar-refractivity contribution in [2.45, 2.75) is 0 Å². The van der Waals surface area contributed by atoms with Crippen molar-refractivity contribution in [1.29, 1.82) is 0 Å². The summed E-state index contributed by atoms with van der Waals surface area (Å²) in [5.41, 5.74) is 0.780. The first-order valence-electron chi connectivity index (χ1n) is 4.22. The van der Waals surface area contributed by atoms with E-state index < -0.39 is 6.03 Å². The van der Waals surface area contributed by atoms with Crippen LogP contribution in [0.3, 0.4) is 0 Å². The van der Waals surface area contributed by atoms with Crippen LogP contribution in [0.25, 0.3) is 10.9 Å². The minimum atomic E-state index is -0.429. The van der Waals surface area contributed by atoms with E-state index in [1.54, 1.807) is 0 Å². The summed E-state index contributed by atoms with van der Waals surface area (Å²) in [6.07, 6.45) is 1.40. The van der Waals surface area contributed by atoms with Crippen LogP contribution in [0.5, 0.6) is 0 Å². The number of thiol groups is 1. The van der Waals surface area contributed by atoms with Crippen LogP contribution in [0.1, 0.15) is 0 Å². The van der Waals surface area contributed by atoms with Gasteiger partial charge in [0.15, 0.2) is 0 Å². The topological polar surface area (TPSA) is 66.9 Å². The molecule has 1 heterocycles. The maximum absolute atomic E-state index is 11.1. The second-order valence-electron chi connectivity index (χ2n) is 2.81. The molecular formula is C9H8N4OS. The van der Waals surface area contributed by atoms with Gasteiger partial charge >= 0.3 is 6.03 Å². The summed E-state index contributed by atoms with van der Waals surface area (Å²) in [7, 11) is 0. The third-order valence-electron chi connectivity index (χ3n) is 1.88. The molecule has 2 N–H and O–H groups in total. The Balaban J connectivity index is 2.46. The molecule has 0 aliphatic heterocycles. The fraction of sp³-hybridized carbons (Fsp3) is 0. The largest absolute Gasteiger partial charge is 0.330 e. The monoisotopic (exact) mass is 220 g/mol. The number of benzene rings is 1. The molecule has 0 aliphatic rings. The molecule has 0 atom stereocenters. The summed E-state index contributed by atoms with van der Waals surface area (Å²) in [6.45, 7) is 0. The molecule has 2 amide bonds. The first kappa shape index (κ1) is 9.72. The predicted molar refractivity (Wildman–Crippen MR) is 60.7 cm³/mol. The number of amides is 2. The smallest absolute Gasteiger partial charge is 0.291 e. The molecule has 1 aromatic carbocycles. The van der Waals surface area contributed by atoms with Crippen molar-refractivity contribution >= 4 is 35.6 Å². The van der Waals surface area contributed by atoms with E-state index in [0.717, 1.165) is 10.9 Å². The van der Waals surface area contributed by atoms with E-state index >= 15 is 0 Å². The van der Waals surface area contributed by atoms with Crippen molar-refractivity contribution in [2.24, 2.45) is 0 Å². The average molecular weight is 220 g/mol. The van der Waals surface area contributed by atoms with E-state index in [-0.39, 0.29) is 0 Å². The highest BCUT2D eigenvalue weighted by molar-refractivity contribution is 7.78. The van der Waals surface area contributed by atoms with Gasteiger partial charge in [-0.1, -0.05) is 24.9 Å². The zero-order chi connectivity index (χ0) is 10.7. The van der Waals surface area contributed by atoms with Crippen molar-refractivity contribution in [3.8, 4) is 0 Å². The maximum Gasteiger partial charge on any atom is 0.330 e. The molecule has 0 saturated carbocycles. The lowest BCUT2D eigenvalue weighted by molar-refractivity contribution is 0.257. The van der Waals surface area contributed by atoms with Gasteiger partial charge in [-0.15, -0.1) is 0 Å². The zero-order valence-electron chi connectivity index (χ0n) is 7.64. The number of nitrogens with one attached hydrogen (secondary N) is 2. The lowest BCUT2D eigenvalue weighted by atomic mass is 10.2. The van der Waals surface area contributed by atoms with Gasteiger partial charge in [0.1, 0.15) is 12.1 Å². The maximum atomic E-state index is 11.1. The normalized spacial score (nSPS) is 9.93. The molecule has 2 rings (SSSR count). The van der Waals surface area contributed by atoms with Gasteiger partial charge in [-0.05, 0) is 12.1 Å². The van der Waals surface area contributed by atoms with Crippen molar-refractivity contribution in [1.82, 2.24) is 14.7 Å². The fourth-order valence-corrected chi connectivity index (χ4v) is 1.30. The highest BCUT2D eigenvalue weighted by Gasteiger charge is 2.05. The number of urea groups is 1. The lowest BCUT2D eigenvalue weighted by Gasteiger charge is -2.05. The molecule has 0 aliphatic carbocycles. The molecule has 6 heteroatoms. The van der Waals surface area contributed by atoms with Gasteiger partial charge in [-0.2, -0.15) is 0 Å². The highest BCUT2D eigenvalue weighted by Crippen LogP contribution is 2.17. The lowest BCUT2D eigenvalue weighted by Crippen LogP contribution is -2.21. The molecule has 1 aromatic heterocycles. The van der Waals surface area contributed by atoms with Crippen molar-refractivity contribution < 1.29 is 4.79 Å². The van der Waals surface area contributed by atoms with Gasteiger partial charge in [0.05, 0.1) is 5.52 Å². The molecule has 76 valence electrons. The van der Waals surface area contributed by atoms with Gasteiger partial charge in [-0.25, -0.2) is 14.8 Å². The summed E-state index contributed by atoms with van der Waals surface area (Å²) in [4.78, 5) is 19.1.